The smallest absolute Gasteiger partial charge is 0.129 e. The van der Waals surface area contributed by atoms with Crippen molar-refractivity contribution in [1.82, 2.24) is 10.2 Å². The highest BCUT2D eigenvalue weighted by molar-refractivity contribution is 9.10. The SMILES string of the molecule is Fc1cc(Br)ccc1CNc1cn[nH]c1. The lowest BCUT2D eigenvalue weighted by atomic mass is 10.2. The number of hydrogen-bond donors (Lipinski definition) is 2. The highest BCUT2D eigenvalue weighted by atomic mass is 79.9. The summed E-state index contributed by atoms with van der Waals surface area (Å²) in [5.41, 5.74) is 1.47. The van der Waals surface area contributed by atoms with Crippen molar-refractivity contribution in [2.24, 2.45) is 0 Å². The van der Waals surface area contributed by atoms with Crippen LogP contribution in [0.1, 0.15) is 5.56 Å². The zero-order chi connectivity index (χ0) is 10.7. The summed E-state index contributed by atoms with van der Waals surface area (Å²) in [6.07, 6.45) is 3.37. The van der Waals surface area contributed by atoms with Crippen LogP contribution in [-0.2, 0) is 6.54 Å². The third-order valence-electron chi connectivity index (χ3n) is 2.00. The van der Waals surface area contributed by atoms with Crippen molar-refractivity contribution >= 4 is 21.6 Å². The van der Waals surface area contributed by atoms with E-state index in [1.54, 1.807) is 18.5 Å². The van der Waals surface area contributed by atoms with Gasteiger partial charge in [-0.15, -0.1) is 0 Å². The second-order valence-corrected chi connectivity index (χ2v) is 3.99. The third-order valence-corrected chi connectivity index (χ3v) is 2.49. The Kier molecular flexibility index (Phi) is 3.01. The zero-order valence-electron chi connectivity index (χ0n) is 7.80. The monoisotopic (exact) mass is 269 g/mol. The summed E-state index contributed by atoms with van der Waals surface area (Å²) in [6, 6.07) is 5.01. The molecule has 0 aliphatic heterocycles. The van der Waals surface area contributed by atoms with Crippen LogP contribution in [0.5, 0.6) is 0 Å². The number of aromatic amines is 1. The molecule has 0 spiro atoms. The molecule has 2 N–H and O–H groups in total. The van der Waals surface area contributed by atoms with Crippen LogP contribution in [0, 0.1) is 5.82 Å². The van der Waals surface area contributed by atoms with Crippen molar-refractivity contribution in [2.45, 2.75) is 6.54 Å². The summed E-state index contributed by atoms with van der Waals surface area (Å²) < 4.78 is 14.1. The van der Waals surface area contributed by atoms with Gasteiger partial charge in [0.1, 0.15) is 5.82 Å². The van der Waals surface area contributed by atoms with Gasteiger partial charge in [-0.05, 0) is 12.1 Å². The molecule has 15 heavy (non-hydrogen) atoms. The van der Waals surface area contributed by atoms with Gasteiger partial charge in [-0.2, -0.15) is 5.10 Å². The van der Waals surface area contributed by atoms with Crippen LogP contribution >= 0.6 is 15.9 Å². The van der Waals surface area contributed by atoms with Gasteiger partial charge in [-0.25, -0.2) is 4.39 Å². The predicted molar refractivity (Wildman–Crippen MR) is 60.0 cm³/mol. The maximum atomic E-state index is 13.4. The molecule has 78 valence electrons. The highest BCUT2D eigenvalue weighted by Crippen LogP contribution is 2.16. The minimum Gasteiger partial charge on any atom is -0.378 e. The average Bonchev–Trinajstić information content (AvgIpc) is 2.69. The Morgan fingerprint density at radius 2 is 2.33 bits per heavy atom. The minimum atomic E-state index is -0.222. The molecule has 0 amide bonds. The summed E-state index contributed by atoms with van der Waals surface area (Å²) in [5.74, 6) is -0.222. The van der Waals surface area contributed by atoms with Gasteiger partial charge >= 0.3 is 0 Å². The Balaban J connectivity index is 2.05. The summed E-state index contributed by atoms with van der Waals surface area (Å²) in [5, 5.41) is 9.51. The van der Waals surface area contributed by atoms with Crippen LogP contribution in [0.15, 0.2) is 35.1 Å². The number of anilines is 1. The molecule has 0 aliphatic carbocycles. The van der Waals surface area contributed by atoms with Crippen molar-refractivity contribution in [3.05, 3.63) is 46.4 Å². The maximum absolute atomic E-state index is 13.4. The molecule has 0 fully saturated rings. The average molecular weight is 270 g/mol. The summed E-state index contributed by atoms with van der Waals surface area (Å²) in [6.45, 7) is 0.443. The fourth-order valence-corrected chi connectivity index (χ4v) is 1.54. The van der Waals surface area contributed by atoms with Crippen molar-refractivity contribution in [3.8, 4) is 0 Å². The number of rotatable bonds is 3. The first-order chi connectivity index (χ1) is 7.25. The van der Waals surface area contributed by atoms with Gasteiger partial charge in [0.15, 0.2) is 0 Å². The molecule has 2 rings (SSSR count). The number of aromatic nitrogens is 2. The third kappa shape index (κ3) is 2.56. The van der Waals surface area contributed by atoms with Gasteiger partial charge in [0.2, 0.25) is 0 Å². The van der Waals surface area contributed by atoms with Crippen LogP contribution in [0.4, 0.5) is 10.1 Å². The Morgan fingerprint density at radius 1 is 1.47 bits per heavy atom. The molecule has 5 heteroatoms. The second-order valence-electron chi connectivity index (χ2n) is 3.08. The molecular formula is C10H9BrFN3. The van der Waals surface area contributed by atoms with Crippen LogP contribution in [0.2, 0.25) is 0 Å². The van der Waals surface area contributed by atoms with E-state index in [1.165, 1.54) is 6.07 Å². The number of nitrogens with zero attached hydrogens (tertiary/aromatic N) is 1. The Morgan fingerprint density at radius 3 is 3.00 bits per heavy atom. The molecule has 0 atom stereocenters. The Bertz CT molecular complexity index is 442. The lowest BCUT2D eigenvalue weighted by Gasteiger charge is -2.05. The van der Waals surface area contributed by atoms with E-state index in [0.29, 0.717) is 12.1 Å². The molecule has 1 aromatic carbocycles. The maximum Gasteiger partial charge on any atom is 0.129 e. The van der Waals surface area contributed by atoms with Crippen molar-refractivity contribution in [2.75, 3.05) is 5.32 Å². The second kappa shape index (κ2) is 4.44. The lowest BCUT2D eigenvalue weighted by Crippen LogP contribution is -2.00. The van der Waals surface area contributed by atoms with Gasteiger partial charge in [-0.3, -0.25) is 5.10 Å². The van der Waals surface area contributed by atoms with Crippen LogP contribution in [-0.4, -0.2) is 10.2 Å². The molecule has 0 saturated carbocycles. The van der Waals surface area contributed by atoms with Gasteiger partial charge in [-0.1, -0.05) is 22.0 Å². The first kappa shape index (κ1) is 10.2. The first-order valence-electron chi connectivity index (χ1n) is 4.42. The largest absolute Gasteiger partial charge is 0.378 e. The van der Waals surface area contributed by atoms with Gasteiger partial charge < -0.3 is 5.32 Å². The van der Waals surface area contributed by atoms with E-state index >= 15 is 0 Å². The van der Waals surface area contributed by atoms with E-state index in [2.05, 4.69) is 31.4 Å². The quantitative estimate of drug-likeness (QED) is 0.900. The van der Waals surface area contributed by atoms with E-state index in [1.807, 2.05) is 6.07 Å². The first-order valence-corrected chi connectivity index (χ1v) is 5.21. The molecule has 0 radical (unpaired) electrons. The summed E-state index contributed by atoms with van der Waals surface area (Å²) >= 11 is 3.21. The number of H-pyrrole nitrogens is 1. The number of benzene rings is 1. The molecule has 0 saturated heterocycles. The van der Waals surface area contributed by atoms with E-state index < -0.39 is 0 Å². The van der Waals surface area contributed by atoms with E-state index in [-0.39, 0.29) is 5.82 Å². The normalized spacial score (nSPS) is 10.3. The molecule has 0 bridgehead atoms. The van der Waals surface area contributed by atoms with Crippen molar-refractivity contribution in [1.29, 1.82) is 0 Å². The molecule has 3 nitrogen and oxygen atoms in total. The van der Waals surface area contributed by atoms with E-state index in [4.69, 9.17) is 0 Å². The summed E-state index contributed by atoms with van der Waals surface area (Å²) in [7, 11) is 0. The fourth-order valence-electron chi connectivity index (χ4n) is 1.21. The van der Waals surface area contributed by atoms with Crippen molar-refractivity contribution < 1.29 is 4.39 Å². The molecule has 0 unspecified atom stereocenters. The topological polar surface area (TPSA) is 40.7 Å². The lowest BCUT2D eigenvalue weighted by molar-refractivity contribution is 0.612. The molecule has 1 heterocycles. The van der Waals surface area contributed by atoms with Gasteiger partial charge in [0, 0.05) is 22.8 Å². The van der Waals surface area contributed by atoms with Crippen molar-refractivity contribution in [3.63, 3.8) is 0 Å². The molecule has 0 aliphatic rings. The Hall–Kier alpha value is -1.36. The Labute approximate surface area is 94.8 Å². The van der Waals surface area contributed by atoms with Crippen LogP contribution in [0.3, 0.4) is 0 Å². The van der Waals surface area contributed by atoms with Gasteiger partial charge in [0.05, 0.1) is 11.9 Å². The van der Waals surface area contributed by atoms with E-state index in [9.17, 15) is 4.39 Å². The van der Waals surface area contributed by atoms with E-state index in [0.717, 1.165) is 10.2 Å². The standard InChI is InChI=1S/C10H9BrFN3/c11-8-2-1-7(10(12)3-8)4-13-9-5-14-15-6-9/h1-3,5-6,13H,4H2,(H,14,15). The highest BCUT2D eigenvalue weighted by Gasteiger charge is 2.02. The number of halogens is 2. The van der Waals surface area contributed by atoms with Crippen LogP contribution in [0.25, 0.3) is 0 Å². The molecule has 1 aromatic heterocycles. The molecular weight excluding hydrogens is 261 g/mol. The zero-order valence-corrected chi connectivity index (χ0v) is 9.38. The van der Waals surface area contributed by atoms with Gasteiger partial charge in [0.25, 0.3) is 0 Å². The number of hydrogen-bond acceptors (Lipinski definition) is 2. The molecule has 2 aromatic rings. The van der Waals surface area contributed by atoms with Crippen LogP contribution < -0.4 is 5.32 Å². The predicted octanol–water partition coefficient (Wildman–Crippen LogP) is 2.92. The summed E-state index contributed by atoms with van der Waals surface area (Å²) in [4.78, 5) is 0. The minimum absolute atomic E-state index is 0.222. The fraction of sp³-hybridized carbons (Fsp3) is 0.100. The number of nitrogens with one attached hydrogen (secondary N) is 2.